The molecule has 0 radical (unpaired) electrons. The molecule has 2 aromatic rings. The summed E-state index contributed by atoms with van der Waals surface area (Å²) in [6, 6.07) is 6.70. The molecule has 1 aromatic carbocycles. The molecule has 0 aliphatic heterocycles. The van der Waals surface area contributed by atoms with Crippen LogP contribution in [-0.4, -0.2) is 0 Å². The van der Waals surface area contributed by atoms with Crippen molar-refractivity contribution in [1.82, 2.24) is 0 Å². The molecule has 0 N–H and O–H groups in total. The molecule has 0 saturated heterocycles. The number of benzene rings is 1. The van der Waals surface area contributed by atoms with Crippen LogP contribution in [0.15, 0.2) is 32.5 Å². The van der Waals surface area contributed by atoms with Crippen molar-refractivity contribution in [1.29, 1.82) is 0 Å². The smallest absolute Gasteiger partial charge is 0.146 e. The van der Waals surface area contributed by atoms with Gasteiger partial charge in [0.25, 0.3) is 0 Å². The van der Waals surface area contributed by atoms with E-state index >= 15 is 0 Å². The van der Waals surface area contributed by atoms with E-state index in [0.29, 0.717) is 5.56 Å². The quantitative estimate of drug-likeness (QED) is 0.495. The van der Waals surface area contributed by atoms with Crippen molar-refractivity contribution in [2.45, 2.75) is 5.38 Å². The molecule has 0 bridgehead atoms. The van der Waals surface area contributed by atoms with E-state index in [9.17, 15) is 4.39 Å². The highest BCUT2D eigenvalue weighted by Crippen LogP contribution is 2.41. The average molecular weight is 419 g/mol. The van der Waals surface area contributed by atoms with Crippen LogP contribution in [0.25, 0.3) is 0 Å². The zero-order valence-corrected chi connectivity index (χ0v) is 13.7. The number of halogens is 5. The Morgan fingerprint density at radius 1 is 1.29 bits per heavy atom. The summed E-state index contributed by atoms with van der Waals surface area (Å²) in [5, 5.41) is -0.455. The van der Waals surface area contributed by atoms with E-state index in [2.05, 4.69) is 31.9 Å². The fourth-order valence-electron chi connectivity index (χ4n) is 1.36. The summed E-state index contributed by atoms with van der Waals surface area (Å²) < 4.78 is 15.6. The number of hydrogen-bond acceptors (Lipinski definition) is 1. The molecule has 0 saturated carbocycles. The zero-order chi connectivity index (χ0) is 12.6. The average Bonchev–Trinajstić information content (AvgIpc) is 2.62. The molecule has 17 heavy (non-hydrogen) atoms. The van der Waals surface area contributed by atoms with Gasteiger partial charge in [0.1, 0.15) is 5.82 Å². The standard InChI is InChI=1S/C11H5Br2Cl2FS/c12-6-4-8(17-11(6)13)9(15)5-2-1-3-7(14)10(5)16/h1-4,9H. The van der Waals surface area contributed by atoms with E-state index in [-0.39, 0.29) is 5.02 Å². The van der Waals surface area contributed by atoms with Gasteiger partial charge in [-0.1, -0.05) is 23.7 Å². The largest absolute Gasteiger partial charge is 0.205 e. The van der Waals surface area contributed by atoms with Gasteiger partial charge < -0.3 is 0 Å². The van der Waals surface area contributed by atoms with Crippen LogP contribution in [0.5, 0.6) is 0 Å². The lowest BCUT2D eigenvalue weighted by molar-refractivity contribution is 0.613. The van der Waals surface area contributed by atoms with Gasteiger partial charge in [-0.2, -0.15) is 0 Å². The topological polar surface area (TPSA) is 0 Å². The Kier molecular flexibility index (Phi) is 4.53. The predicted octanol–water partition coefficient (Wildman–Crippen LogP) is 6.39. The SMILES string of the molecule is Fc1c(Cl)cccc1C(Cl)c1cc(Br)c(Br)s1. The van der Waals surface area contributed by atoms with Crippen molar-refractivity contribution in [3.63, 3.8) is 0 Å². The summed E-state index contributed by atoms with van der Waals surface area (Å²) in [5.41, 5.74) is 0.389. The summed E-state index contributed by atoms with van der Waals surface area (Å²) in [5.74, 6) is -0.463. The van der Waals surface area contributed by atoms with Crippen LogP contribution in [-0.2, 0) is 0 Å². The minimum atomic E-state index is -0.540. The van der Waals surface area contributed by atoms with E-state index in [1.807, 2.05) is 6.07 Å². The predicted molar refractivity (Wildman–Crippen MR) is 78.8 cm³/mol. The van der Waals surface area contributed by atoms with Crippen LogP contribution < -0.4 is 0 Å². The molecular weight excluding hydrogens is 414 g/mol. The van der Waals surface area contributed by atoms with Crippen LogP contribution >= 0.6 is 66.4 Å². The first-order valence-electron chi connectivity index (χ1n) is 4.53. The first-order chi connectivity index (χ1) is 8.00. The summed E-state index contributed by atoms with van der Waals surface area (Å²) in [6.45, 7) is 0. The van der Waals surface area contributed by atoms with Gasteiger partial charge in [-0.25, -0.2) is 4.39 Å². The summed E-state index contributed by atoms with van der Waals surface area (Å²) in [6.07, 6.45) is 0. The molecule has 0 aliphatic carbocycles. The van der Waals surface area contributed by atoms with Crippen LogP contribution in [0.2, 0.25) is 5.02 Å². The third-order valence-corrected chi connectivity index (χ3v) is 6.38. The third kappa shape index (κ3) is 2.87. The molecule has 1 atom stereocenters. The summed E-state index contributed by atoms with van der Waals surface area (Å²) in [4.78, 5) is 0.853. The Labute approximate surface area is 129 Å². The lowest BCUT2D eigenvalue weighted by atomic mass is 10.1. The highest BCUT2D eigenvalue weighted by molar-refractivity contribution is 9.13. The van der Waals surface area contributed by atoms with E-state index in [4.69, 9.17) is 23.2 Å². The van der Waals surface area contributed by atoms with Crippen molar-refractivity contribution in [2.24, 2.45) is 0 Å². The lowest BCUT2D eigenvalue weighted by Crippen LogP contribution is -1.95. The Balaban J connectivity index is 2.43. The van der Waals surface area contributed by atoms with Gasteiger partial charge in [-0.05, 0) is 44.0 Å². The minimum absolute atomic E-state index is 0.0860. The van der Waals surface area contributed by atoms with Crippen LogP contribution in [0.3, 0.4) is 0 Å². The Hall–Kier alpha value is 0.390. The number of thiophene rings is 1. The number of hydrogen-bond donors (Lipinski definition) is 0. The molecule has 0 aliphatic rings. The van der Waals surface area contributed by atoms with E-state index in [1.165, 1.54) is 17.4 Å². The van der Waals surface area contributed by atoms with Gasteiger partial charge in [0, 0.05) is 14.9 Å². The summed E-state index contributed by atoms with van der Waals surface area (Å²) in [7, 11) is 0. The number of alkyl halides is 1. The van der Waals surface area contributed by atoms with Crippen LogP contribution in [0.4, 0.5) is 4.39 Å². The van der Waals surface area contributed by atoms with Gasteiger partial charge in [-0.3, -0.25) is 0 Å². The Bertz CT molecular complexity index is 537. The molecule has 1 heterocycles. The minimum Gasteiger partial charge on any atom is -0.205 e. The van der Waals surface area contributed by atoms with Gasteiger partial charge >= 0.3 is 0 Å². The van der Waals surface area contributed by atoms with Crippen LogP contribution in [0.1, 0.15) is 15.8 Å². The molecule has 0 fully saturated rings. The molecule has 90 valence electrons. The maximum atomic E-state index is 13.8. The lowest BCUT2D eigenvalue weighted by Gasteiger charge is -2.09. The Morgan fingerprint density at radius 2 is 2.00 bits per heavy atom. The van der Waals surface area contributed by atoms with Gasteiger partial charge in [-0.15, -0.1) is 22.9 Å². The Morgan fingerprint density at radius 3 is 2.59 bits per heavy atom. The summed E-state index contributed by atoms with van der Waals surface area (Å²) >= 11 is 20.2. The second kappa shape index (κ2) is 5.57. The maximum Gasteiger partial charge on any atom is 0.146 e. The second-order valence-electron chi connectivity index (χ2n) is 3.28. The highest BCUT2D eigenvalue weighted by atomic mass is 79.9. The van der Waals surface area contributed by atoms with Crippen molar-refractivity contribution >= 4 is 66.4 Å². The van der Waals surface area contributed by atoms with Crippen molar-refractivity contribution < 1.29 is 4.39 Å². The highest BCUT2D eigenvalue weighted by Gasteiger charge is 2.19. The molecule has 6 heteroatoms. The first-order valence-corrected chi connectivity index (χ1v) is 7.75. The van der Waals surface area contributed by atoms with Gasteiger partial charge in [0.2, 0.25) is 0 Å². The fourth-order valence-corrected chi connectivity index (χ4v) is 3.99. The molecule has 1 unspecified atom stereocenters. The number of rotatable bonds is 2. The molecule has 0 nitrogen and oxygen atoms in total. The fraction of sp³-hybridized carbons (Fsp3) is 0.0909. The second-order valence-corrected chi connectivity index (χ2v) is 7.38. The maximum absolute atomic E-state index is 13.8. The molecular formula is C11H5Br2Cl2FS. The van der Waals surface area contributed by atoms with E-state index in [1.54, 1.807) is 12.1 Å². The van der Waals surface area contributed by atoms with Crippen LogP contribution in [0, 0.1) is 5.82 Å². The zero-order valence-electron chi connectivity index (χ0n) is 8.18. The first kappa shape index (κ1) is 13.8. The molecule has 2 rings (SSSR count). The molecule has 0 spiro atoms. The van der Waals surface area contributed by atoms with Crippen molar-refractivity contribution in [3.05, 3.63) is 53.8 Å². The van der Waals surface area contributed by atoms with E-state index in [0.717, 1.165) is 13.1 Å². The van der Waals surface area contributed by atoms with Crippen molar-refractivity contribution in [2.75, 3.05) is 0 Å². The van der Waals surface area contributed by atoms with Gasteiger partial charge in [0.15, 0.2) is 0 Å². The monoisotopic (exact) mass is 416 g/mol. The molecule has 1 aromatic heterocycles. The molecule has 0 amide bonds. The van der Waals surface area contributed by atoms with E-state index < -0.39 is 11.2 Å². The normalized spacial score (nSPS) is 12.8. The van der Waals surface area contributed by atoms with Crippen molar-refractivity contribution in [3.8, 4) is 0 Å². The third-order valence-electron chi connectivity index (χ3n) is 2.17. The van der Waals surface area contributed by atoms with Gasteiger partial charge in [0.05, 0.1) is 14.2 Å².